The molecule has 0 saturated heterocycles. The van der Waals surface area contributed by atoms with Crippen LogP contribution in [0.15, 0.2) is 84.9 Å². The largest absolute Gasteiger partial charge is 0.288 e. The fourth-order valence-electron chi connectivity index (χ4n) is 4.49. The van der Waals surface area contributed by atoms with Crippen molar-refractivity contribution < 1.29 is 9.72 Å². The highest BCUT2D eigenvalue weighted by Gasteiger charge is 2.32. The summed E-state index contributed by atoms with van der Waals surface area (Å²) in [7, 11) is 0. The normalized spacial score (nSPS) is 12.2. The number of non-ortho nitro benzene ring substituents is 1. The molecule has 1 aliphatic carbocycles. The van der Waals surface area contributed by atoms with Crippen LogP contribution >= 0.6 is 0 Å². The maximum absolute atomic E-state index is 13.4. The Hall–Kier alpha value is -4.38. The van der Waals surface area contributed by atoms with Gasteiger partial charge in [-0.05, 0) is 23.1 Å². The van der Waals surface area contributed by atoms with Gasteiger partial charge >= 0.3 is 0 Å². The lowest BCUT2D eigenvalue weighted by Crippen LogP contribution is -2.01. The molecule has 1 heterocycles. The molecule has 0 atom stereocenters. The van der Waals surface area contributed by atoms with Gasteiger partial charge in [-0.1, -0.05) is 60.7 Å². The molecular formula is C26H14N2O3. The third-order valence-electron chi connectivity index (χ3n) is 5.90. The van der Waals surface area contributed by atoms with Gasteiger partial charge in [0.2, 0.25) is 0 Å². The molecule has 5 aromatic rings. The Labute approximate surface area is 176 Å². The van der Waals surface area contributed by atoms with Crippen molar-refractivity contribution in [3.63, 3.8) is 0 Å². The number of benzene rings is 4. The number of aromatic nitrogens is 1. The zero-order chi connectivity index (χ0) is 21.1. The van der Waals surface area contributed by atoms with Crippen molar-refractivity contribution in [2.75, 3.05) is 0 Å². The molecule has 0 amide bonds. The molecule has 0 spiro atoms. The summed E-state index contributed by atoms with van der Waals surface area (Å²) in [5, 5.41) is 14.1. The maximum atomic E-state index is 13.4. The van der Waals surface area contributed by atoms with Gasteiger partial charge in [-0.3, -0.25) is 14.9 Å². The third-order valence-corrected chi connectivity index (χ3v) is 5.90. The quantitative estimate of drug-likeness (QED) is 0.197. The van der Waals surface area contributed by atoms with E-state index < -0.39 is 4.92 Å². The zero-order valence-electron chi connectivity index (χ0n) is 16.2. The van der Waals surface area contributed by atoms with Crippen LogP contribution in [0, 0.1) is 10.1 Å². The first-order chi connectivity index (χ1) is 15.1. The highest BCUT2D eigenvalue weighted by molar-refractivity contribution is 6.28. The number of carbonyl (C=O) groups is 1. The van der Waals surface area contributed by atoms with Crippen LogP contribution in [0.4, 0.5) is 5.69 Å². The highest BCUT2D eigenvalue weighted by Crippen LogP contribution is 2.45. The average Bonchev–Trinajstić information content (AvgIpc) is 3.09. The first-order valence-corrected chi connectivity index (χ1v) is 9.88. The highest BCUT2D eigenvalue weighted by atomic mass is 16.6. The molecule has 5 heteroatoms. The predicted molar refractivity (Wildman–Crippen MR) is 120 cm³/mol. The first kappa shape index (κ1) is 17.5. The Bertz CT molecular complexity index is 1570. The van der Waals surface area contributed by atoms with E-state index in [9.17, 15) is 14.9 Å². The molecule has 0 radical (unpaired) electrons. The van der Waals surface area contributed by atoms with E-state index in [1.54, 1.807) is 12.1 Å². The second-order valence-corrected chi connectivity index (χ2v) is 7.57. The molecule has 0 bridgehead atoms. The van der Waals surface area contributed by atoms with Gasteiger partial charge in [0.1, 0.15) is 0 Å². The molecule has 0 fully saturated rings. The van der Waals surface area contributed by atoms with Crippen LogP contribution in [0.1, 0.15) is 15.9 Å². The van der Waals surface area contributed by atoms with Crippen LogP contribution in [0.25, 0.3) is 44.1 Å². The molecule has 0 saturated carbocycles. The third kappa shape index (κ3) is 2.43. The first-order valence-electron chi connectivity index (χ1n) is 9.88. The van der Waals surface area contributed by atoms with E-state index in [1.165, 1.54) is 12.1 Å². The van der Waals surface area contributed by atoms with E-state index in [2.05, 4.69) is 0 Å². The Morgan fingerprint density at radius 2 is 1.42 bits per heavy atom. The van der Waals surface area contributed by atoms with Gasteiger partial charge in [-0.2, -0.15) is 0 Å². The second-order valence-electron chi connectivity index (χ2n) is 7.57. The lowest BCUT2D eigenvalue weighted by atomic mass is 9.92. The lowest BCUT2D eigenvalue weighted by Gasteiger charge is -2.14. The summed E-state index contributed by atoms with van der Waals surface area (Å²) in [6, 6.07) is 25.9. The fourth-order valence-corrected chi connectivity index (χ4v) is 4.49. The van der Waals surface area contributed by atoms with Gasteiger partial charge in [-0.25, -0.2) is 4.98 Å². The van der Waals surface area contributed by atoms with Gasteiger partial charge in [0, 0.05) is 39.6 Å². The molecule has 31 heavy (non-hydrogen) atoms. The van der Waals surface area contributed by atoms with Crippen molar-refractivity contribution >= 4 is 33.1 Å². The Kier molecular flexibility index (Phi) is 3.56. The average molecular weight is 402 g/mol. The maximum Gasteiger partial charge on any atom is 0.269 e. The molecule has 1 aromatic heterocycles. The number of rotatable bonds is 2. The van der Waals surface area contributed by atoms with Crippen LogP contribution < -0.4 is 0 Å². The number of carbonyl (C=O) groups excluding carboxylic acids is 1. The summed E-state index contributed by atoms with van der Waals surface area (Å²) in [5.41, 5.74) is 5.02. The molecule has 4 aromatic carbocycles. The number of nitrogens with zero attached hydrogens (tertiary/aromatic N) is 2. The van der Waals surface area contributed by atoms with Crippen molar-refractivity contribution in [2.45, 2.75) is 0 Å². The topological polar surface area (TPSA) is 73.1 Å². The van der Waals surface area contributed by atoms with E-state index in [1.807, 2.05) is 60.7 Å². The number of nitro groups is 1. The van der Waals surface area contributed by atoms with E-state index >= 15 is 0 Å². The molecule has 0 aliphatic heterocycles. The number of fused-ring (bicyclic) bond motifs is 6. The number of hydrogen-bond acceptors (Lipinski definition) is 4. The van der Waals surface area contributed by atoms with Crippen LogP contribution in [0.2, 0.25) is 0 Å². The molecule has 5 nitrogen and oxygen atoms in total. The lowest BCUT2D eigenvalue weighted by molar-refractivity contribution is -0.384. The molecule has 6 rings (SSSR count). The summed E-state index contributed by atoms with van der Waals surface area (Å²) in [5.74, 6) is -0.0680. The van der Waals surface area contributed by atoms with E-state index in [4.69, 9.17) is 4.98 Å². The Morgan fingerprint density at radius 1 is 0.710 bits per heavy atom. The Morgan fingerprint density at radius 3 is 2.19 bits per heavy atom. The summed E-state index contributed by atoms with van der Waals surface area (Å²) < 4.78 is 0. The summed E-state index contributed by atoms with van der Waals surface area (Å²) in [4.78, 5) is 29.1. The number of ketones is 1. The molecule has 0 N–H and O–H groups in total. The van der Waals surface area contributed by atoms with E-state index in [0.29, 0.717) is 16.8 Å². The van der Waals surface area contributed by atoms with Gasteiger partial charge in [0.25, 0.3) is 5.69 Å². The van der Waals surface area contributed by atoms with Crippen LogP contribution in [0.5, 0.6) is 0 Å². The van der Waals surface area contributed by atoms with E-state index in [0.717, 1.165) is 38.4 Å². The monoisotopic (exact) mass is 402 g/mol. The van der Waals surface area contributed by atoms with Gasteiger partial charge in [0.15, 0.2) is 5.78 Å². The summed E-state index contributed by atoms with van der Waals surface area (Å²) in [6.07, 6.45) is 0. The fraction of sp³-hybridized carbons (Fsp3) is 0. The smallest absolute Gasteiger partial charge is 0.269 e. The van der Waals surface area contributed by atoms with Crippen LogP contribution in [-0.2, 0) is 0 Å². The molecule has 0 unspecified atom stereocenters. The minimum absolute atomic E-state index is 0.0128. The van der Waals surface area contributed by atoms with Gasteiger partial charge in [-0.15, -0.1) is 0 Å². The van der Waals surface area contributed by atoms with Crippen LogP contribution in [0.3, 0.4) is 0 Å². The molecule has 146 valence electrons. The summed E-state index contributed by atoms with van der Waals surface area (Å²) >= 11 is 0. The minimum atomic E-state index is -0.423. The van der Waals surface area contributed by atoms with E-state index in [-0.39, 0.29) is 11.5 Å². The minimum Gasteiger partial charge on any atom is -0.288 e. The molecule has 1 aliphatic rings. The van der Waals surface area contributed by atoms with Crippen molar-refractivity contribution in [1.29, 1.82) is 0 Å². The summed E-state index contributed by atoms with van der Waals surface area (Å²) in [6.45, 7) is 0. The number of nitro benzene ring substituents is 1. The predicted octanol–water partition coefficient (Wildman–Crippen LogP) is 6.17. The zero-order valence-corrected chi connectivity index (χ0v) is 16.2. The Balaban J connectivity index is 1.77. The van der Waals surface area contributed by atoms with Crippen LogP contribution in [-0.4, -0.2) is 15.7 Å². The van der Waals surface area contributed by atoms with Crippen molar-refractivity contribution in [1.82, 2.24) is 4.98 Å². The van der Waals surface area contributed by atoms with Crippen molar-refractivity contribution in [2.24, 2.45) is 0 Å². The van der Waals surface area contributed by atoms with Gasteiger partial charge < -0.3 is 0 Å². The van der Waals surface area contributed by atoms with Crippen molar-refractivity contribution in [3.05, 3.63) is 106 Å². The standard InChI is InChI=1S/C26H14N2O3/c29-26-20-8-4-3-7-19(20)25-23(26)22(16-9-12-17(13-10-16)28(30)31)21-14-11-15-5-1-2-6-18(15)24(21)27-25/h1-14H. The number of hydrogen-bond donors (Lipinski definition) is 0. The van der Waals surface area contributed by atoms with Gasteiger partial charge in [0.05, 0.1) is 21.7 Å². The number of pyridine rings is 1. The second kappa shape index (κ2) is 6.31. The van der Waals surface area contributed by atoms with Crippen molar-refractivity contribution in [3.8, 4) is 22.4 Å². The molecular weight excluding hydrogens is 388 g/mol. The SMILES string of the molecule is O=C1c2ccccc2-c2nc3c(ccc4ccccc43)c(-c3ccc([N+](=O)[O-])cc3)c21.